The smallest absolute Gasteiger partial charge is 0.327 e. The molecular formula is C18H23N3O4. The number of likely N-dealkylation sites (tertiary alicyclic amines) is 1. The maximum atomic E-state index is 12.2. The van der Waals surface area contributed by atoms with Crippen LogP contribution in [0.1, 0.15) is 32.5 Å². The van der Waals surface area contributed by atoms with Gasteiger partial charge >= 0.3 is 11.9 Å². The van der Waals surface area contributed by atoms with Crippen molar-refractivity contribution in [2.24, 2.45) is 11.7 Å². The first-order valence-electron chi connectivity index (χ1n) is 8.22. The summed E-state index contributed by atoms with van der Waals surface area (Å²) in [4.78, 5) is 28.7. The minimum absolute atomic E-state index is 0.252. The summed E-state index contributed by atoms with van der Waals surface area (Å²) in [5.74, 6) is -1.92. The zero-order valence-electron chi connectivity index (χ0n) is 14.5. The van der Waals surface area contributed by atoms with E-state index in [1.165, 1.54) is 0 Å². The number of aromatic nitrogens is 1. The minimum atomic E-state index is -1.01. The first kappa shape index (κ1) is 17.4. The highest BCUT2D eigenvalue weighted by atomic mass is 16.6. The van der Waals surface area contributed by atoms with Gasteiger partial charge in [0, 0.05) is 17.8 Å². The molecule has 2 aromatic rings. The molecule has 0 spiro atoms. The number of nitrogens with one attached hydrogen (secondary N) is 1. The number of carbonyl (C=O) groups excluding carboxylic acids is 1. The third-order valence-electron chi connectivity index (χ3n) is 4.32. The number of nitrogens with zero attached hydrogens (tertiary/aromatic N) is 1. The average molecular weight is 345 g/mol. The maximum absolute atomic E-state index is 12.2. The summed E-state index contributed by atoms with van der Waals surface area (Å²) < 4.78 is 5.35. The van der Waals surface area contributed by atoms with Gasteiger partial charge in [-0.2, -0.15) is 0 Å². The Morgan fingerprint density at radius 1 is 1.36 bits per heavy atom. The predicted molar refractivity (Wildman–Crippen MR) is 92.7 cm³/mol. The number of ether oxygens (including phenoxy) is 1. The van der Waals surface area contributed by atoms with E-state index in [2.05, 4.69) is 4.98 Å². The lowest BCUT2D eigenvalue weighted by molar-refractivity contribution is -0.177. The number of fused-ring (bicyclic) bond motifs is 1. The Kier molecular flexibility index (Phi) is 4.30. The maximum Gasteiger partial charge on any atom is 0.327 e. The Morgan fingerprint density at radius 2 is 2.04 bits per heavy atom. The lowest BCUT2D eigenvalue weighted by atomic mass is 9.92. The van der Waals surface area contributed by atoms with Gasteiger partial charge in [-0.05, 0) is 38.3 Å². The van der Waals surface area contributed by atoms with Crippen molar-refractivity contribution in [3.8, 4) is 0 Å². The normalized spacial score (nSPS) is 22.4. The predicted octanol–water partition coefficient (Wildman–Crippen LogP) is 1.85. The van der Waals surface area contributed by atoms with Crippen LogP contribution in [-0.4, -0.2) is 45.2 Å². The fourth-order valence-electron chi connectivity index (χ4n) is 3.12. The second kappa shape index (κ2) is 6.16. The standard InChI is InChI=1S/C18H23N3O4/c1-18(2,3)25-17(24)11-9-21(15(11)19)14(16(22)23)13-8-10-6-4-5-7-12(10)20-13/h4-8,11,14-15,20H,9,19H2,1-3H3,(H,22,23)/t11-,14-,15+/m1/s1. The van der Waals surface area contributed by atoms with Crippen molar-refractivity contribution < 1.29 is 19.4 Å². The van der Waals surface area contributed by atoms with Crippen LogP contribution < -0.4 is 5.73 Å². The minimum Gasteiger partial charge on any atom is -0.480 e. The number of carboxylic acids is 1. The van der Waals surface area contributed by atoms with Crippen molar-refractivity contribution in [1.82, 2.24) is 9.88 Å². The van der Waals surface area contributed by atoms with Gasteiger partial charge in [0.15, 0.2) is 0 Å². The van der Waals surface area contributed by atoms with Crippen molar-refractivity contribution in [3.05, 3.63) is 36.0 Å². The van der Waals surface area contributed by atoms with Gasteiger partial charge in [0.25, 0.3) is 0 Å². The van der Waals surface area contributed by atoms with Crippen LogP contribution in [0.2, 0.25) is 0 Å². The molecule has 1 aromatic heterocycles. The molecule has 0 saturated carbocycles. The molecule has 1 fully saturated rings. The molecule has 25 heavy (non-hydrogen) atoms. The van der Waals surface area contributed by atoms with Crippen LogP contribution in [0.4, 0.5) is 0 Å². The number of hydrogen-bond donors (Lipinski definition) is 3. The van der Waals surface area contributed by atoms with Gasteiger partial charge in [-0.15, -0.1) is 0 Å². The Balaban J connectivity index is 1.79. The molecule has 7 nitrogen and oxygen atoms in total. The Morgan fingerprint density at radius 3 is 2.60 bits per heavy atom. The van der Waals surface area contributed by atoms with E-state index >= 15 is 0 Å². The van der Waals surface area contributed by atoms with Gasteiger partial charge in [0.2, 0.25) is 0 Å². The molecule has 1 aliphatic heterocycles. The summed E-state index contributed by atoms with van der Waals surface area (Å²) in [5.41, 5.74) is 6.92. The number of carbonyl (C=O) groups is 2. The molecule has 1 saturated heterocycles. The summed E-state index contributed by atoms with van der Waals surface area (Å²) >= 11 is 0. The lowest BCUT2D eigenvalue weighted by Gasteiger charge is -2.47. The highest BCUT2D eigenvalue weighted by Crippen LogP contribution is 2.34. The number of H-pyrrole nitrogens is 1. The van der Waals surface area contributed by atoms with E-state index in [1.807, 2.05) is 30.3 Å². The molecule has 3 rings (SSSR count). The molecule has 134 valence electrons. The monoisotopic (exact) mass is 345 g/mol. The van der Waals surface area contributed by atoms with E-state index in [4.69, 9.17) is 10.5 Å². The number of para-hydroxylation sites is 1. The summed E-state index contributed by atoms with van der Waals surface area (Å²) in [6, 6.07) is 8.45. The van der Waals surface area contributed by atoms with Crippen molar-refractivity contribution in [1.29, 1.82) is 0 Å². The number of nitrogens with two attached hydrogens (primary N) is 1. The molecule has 0 unspecified atom stereocenters. The Labute approximate surface area is 145 Å². The van der Waals surface area contributed by atoms with Crippen LogP contribution in [-0.2, 0) is 14.3 Å². The summed E-state index contributed by atoms with van der Waals surface area (Å²) in [7, 11) is 0. The second-order valence-corrected chi connectivity index (χ2v) is 7.38. The van der Waals surface area contributed by atoms with E-state index in [9.17, 15) is 14.7 Å². The van der Waals surface area contributed by atoms with Gasteiger partial charge in [-0.25, -0.2) is 0 Å². The molecule has 4 N–H and O–H groups in total. The fraction of sp³-hybridized carbons (Fsp3) is 0.444. The quantitative estimate of drug-likeness (QED) is 0.730. The first-order chi connectivity index (χ1) is 11.7. The average Bonchev–Trinajstić information content (AvgIpc) is 2.91. The van der Waals surface area contributed by atoms with Gasteiger partial charge in [-0.3, -0.25) is 14.5 Å². The number of hydrogen-bond acceptors (Lipinski definition) is 5. The van der Waals surface area contributed by atoms with Crippen LogP contribution in [0.15, 0.2) is 30.3 Å². The summed E-state index contributed by atoms with van der Waals surface area (Å²) in [5, 5.41) is 10.6. The fourth-order valence-corrected chi connectivity index (χ4v) is 3.12. The van der Waals surface area contributed by atoms with Crippen molar-refractivity contribution >= 4 is 22.8 Å². The van der Waals surface area contributed by atoms with Crippen LogP contribution in [0.25, 0.3) is 10.9 Å². The van der Waals surface area contributed by atoms with E-state index < -0.39 is 35.7 Å². The lowest BCUT2D eigenvalue weighted by Crippen LogP contribution is -2.66. The summed E-state index contributed by atoms with van der Waals surface area (Å²) in [6.07, 6.45) is -0.692. The largest absolute Gasteiger partial charge is 0.480 e. The highest BCUT2D eigenvalue weighted by Gasteiger charge is 2.49. The Hall–Kier alpha value is -2.38. The second-order valence-electron chi connectivity index (χ2n) is 7.38. The van der Waals surface area contributed by atoms with Gasteiger partial charge in [0.05, 0.1) is 12.1 Å². The zero-order chi connectivity index (χ0) is 18.4. The van der Waals surface area contributed by atoms with E-state index in [1.54, 1.807) is 25.7 Å². The molecule has 2 heterocycles. The third-order valence-corrected chi connectivity index (χ3v) is 4.32. The number of carboxylic acid groups (broad SMARTS) is 1. The molecule has 0 amide bonds. The molecule has 1 aromatic carbocycles. The highest BCUT2D eigenvalue weighted by molar-refractivity contribution is 5.84. The van der Waals surface area contributed by atoms with Crippen LogP contribution in [0.5, 0.6) is 0 Å². The van der Waals surface area contributed by atoms with E-state index in [-0.39, 0.29) is 6.54 Å². The number of aromatic amines is 1. The van der Waals surface area contributed by atoms with Crippen molar-refractivity contribution in [3.63, 3.8) is 0 Å². The van der Waals surface area contributed by atoms with Gasteiger partial charge < -0.3 is 20.6 Å². The molecule has 0 aliphatic carbocycles. The van der Waals surface area contributed by atoms with Gasteiger partial charge in [-0.1, -0.05) is 18.2 Å². The number of rotatable bonds is 4. The number of benzene rings is 1. The zero-order valence-corrected chi connectivity index (χ0v) is 14.5. The first-order valence-corrected chi connectivity index (χ1v) is 8.22. The van der Waals surface area contributed by atoms with E-state index in [0.717, 1.165) is 10.9 Å². The number of esters is 1. The summed E-state index contributed by atoms with van der Waals surface area (Å²) in [6.45, 7) is 5.62. The molecule has 0 bridgehead atoms. The Bertz CT molecular complexity index is 775. The van der Waals surface area contributed by atoms with E-state index in [0.29, 0.717) is 5.69 Å². The molecule has 3 atom stereocenters. The van der Waals surface area contributed by atoms with Crippen LogP contribution in [0.3, 0.4) is 0 Å². The molecular weight excluding hydrogens is 322 g/mol. The van der Waals surface area contributed by atoms with Crippen LogP contribution in [0, 0.1) is 5.92 Å². The SMILES string of the molecule is CC(C)(C)OC(=O)[C@@H]1CN([C@@H](C(=O)O)c2cc3ccccc3[nH]2)[C@@H]1N. The third kappa shape index (κ3) is 3.38. The molecule has 7 heteroatoms. The van der Waals surface area contributed by atoms with Gasteiger partial charge in [0.1, 0.15) is 11.6 Å². The van der Waals surface area contributed by atoms with Crippen LogP contribution >= 0.6 is 0 Å². The van der Waals surface area contributed by atoms with Crippen molar-refractivity contribution in [2.75, 3.05) is 6.54 Å². The molecule has 0 radical (unpaired) electrons. The van der Waals surface area contributed by atoms with Crippen molar-refractivity contribution in [2.45, 2.75) is 38.6 Å². The molecule has 1 aliphatic rings. The number of aliphatic carboxylic acids is 1. The topological polar surface area (TPSA) is 109 Å².